The van der Waals surface area contributed by atoms with Crippen LogP contribution in [0.3, 0.4) is 0 Å². The van der Waals surface area contributed by atoms with E-state index in [2.05, 4.69) is 20.4 Å². The lowest BCUT2D eigenvalue weighted by molar-refractivity contribution is -0.131. The Morgan fingerprint density at radius 3 is 2.47 bits per heavy atom. The summed E-state index contributed by atoms with van der Waals surface area (Å²) in [6, 6.07) is 7.89. The number of amides is 2. The van der Waals surface area contributed by atoms with Crippen molar-refractivity contribution in [2.75, 3.05) is 33.0 Å². The van der Waals surface area contributed by atoms with Crippen molar-refractivity contribution in [2.24, 2.45) is 0 Å². The molecule has 2 amide bonds. The molecule has 1 aromatic carbocycles. The summed E-state index contributed by atoms with van der Waals surface area (Å²) in [5.74, 6) is -0.185. The lowest BCUT2D eigenvalue weighted by Crippen LogP contribution is -2.50. The highest BCUT2D eigenvalue weighted by Crippen LogP contribution is 2.44. The maximum atomic E-state index is 12.9. The maximum absolute atomic E-state index is 12.9. The van der Waals surface area contributed by atoms with Crippen LogP contribution in [0.15, 0.2) is 49.1 Å². The fraction of sp³-hybridized carbons (Fsp3) is 0.360. The highest BCUT2D eigenvalue weighted by molar-refractivity contribution is 6.09. The minimum Gasteiger partial charge on any atom is -0.383 e. The van der Waals surface area contributed by atoms with Crippen molar-refractivity contribution in [1.82, 2.24) is 30.0 Å². The van der Waals surface area contributed by atoms with E-state index >= 15 is 0 Å². The molecule has 188 valence electrons. The monoisotopic (exact) mass is 490 g/mol. The zero-order valence-corrected chi connectivity index (χ0v) is 20.4. The SMILES string of the molecule is COCCN(C)C(=O)Cn1cc(C(=O)NC(=N)C2(c3ccc(-c4cnc(N)nc4)cc3)CCC2)cn1. The molecule has 1 fully saturated rings. The van der Waals surface area contributed by atoms with Gasteiger partial charge in [-0.1, -0.05) is 30.7 Å². The summed E-state index contributed by atoms with van der Waals surface area (Å²) < 4.78 is 6.41. The second-order valence-electron chi connectivity index (χ2n) is 8.91. The van der Waals surface area contributed by atoms with Crippen LogP contribution in [-0.2, 0) is 21.5 Å². The summed E-state index contributed by atoms with van der Waals surface area (Å²) in [6.07, 6.45) is 8.79. The maximum Gasteiger partial charge on any atom is 0.259 e. The van der Waals surface area contributed by atoms with E-state index in [1.165, 1.54) is 17.1 Å². The molecule has 0 saturated heterocycles. The van der Waals surface area contributed by atoms with Gasteiger partial charge >= 0.3 is 0 Å². The minimum absolute atomic E-state index is 0.0142. The molecule has 1 aliphatic rings. The molecule has 0 bridgehead atoms. The molecule has 0 aliphatic heterocycles. The Morgan fingerprint density at radius 2 is 1.86 bits per heavy atom. The molecule has 0 unspecified atom stereocenters. The summed E-state index contributed by atoms with van der Waals surface area (Å²) in [5.41, 5.74) is 8.09. The molecule has 0 atom stereocenters. The van der Waals surface area contributed by atoms with Crippen molar-refractivity contribution in [3.63, 3.8) is 0 Å². The molecular weight excluding hydrogens is 460 g/mol. The van der Waals surface area contributed by atoms with E-state index in [0.717, 1.165) is 36.0 Å². The fourth-order valence-corrected chi connectivity index (χ4v) is 4.17. The number of methoxy groups -OCH3 is 1. The first kappa shape index (κ1) is 25.0. The van der Waals surface area contributed by atoms with Gasteiger partial charge in [0.1, 0.15) is 12.4 Å². The number of ether oxygens (including phenoxy) is 1. The molecule has 1 saturated carbocycles. The molecule has 3 aromatic rings. The van der Waals surface area contributed by atoms with Gasteiger partial charge in [-0.25, -0.2) is 9.97 Å². The largest absolute Gasteiger partial charge is 0.383 e. The highest BCUT2D eigenvalue weighted by Gasteiger charge is 2.43. The number of aromatic nitrogens is 4. The van der Waals surface area contributed by atoms with E-state index in [1.54, 1.807) is 31.5 Å². The zero-order valence-electron chi connectivity index (χ0n) is 20.4. The van der Waals surface area contributed by atoms with Gasteiger partial charge in [-0.3, -0.25) is 19.7 Å². The van der Waals surface area contributed by atoms with E-state index in [-0.39, 0.29) is 24.2 Å². The molecule has 36 heavy (non-hydrogen) atoms. The van der Waals surface area contributed by atoms with Crippen molar-refractivity contribution < 1.29 is 14.3 Å². The standard InChI is InChI=1S/C25H30N8O3/c1-32(10-11-36-2)21(34)16-33-15-19(14-30-33)22(35)31-23(26)25(8-3-9-25)20-6-4-17(5-7-20)18-12-28-24(27)29-13-18/h4-7,12-15H,3,8-11,16H2,1-2H3,(H2,26,31,35)(H2,27,28,29). The number of nitrogen functional groups attached to an aromatic ring is 1. The third-order valence-electron chi connectivity index (χ3n) is 6.62. The van der Waals surface area contributed by atoms with Crippen LogP contribution in [0.1, 0.15) is 35.2 Å². The normalized spacial score (nSPS) is 14.1. The summed E-state index contributed by atoms with van der Waals surface area (Å²) >= 11 is 0. The Labute approximate surface area is 209 Å². The van der Waals surface area contributed by atoms with Crippen LogP contribution in [-0.4, -0.2) is 69.6 Å². The quantitative estimate of drug-likeness (QED) is 0.306. The molecule has 11 nitrogen and oxygen atoms in total. The number of carbonyl (C=O) groups is 2. The van der Waals surface area contributed by atoms with Gasteiger partial charge in [0.2, 0.25) is 11.9 Å². The van der Waals surface area contributed by atoms with Gasteiger partial charge in [0.15, 0.2) is 0 Å². The second kappa shape index (κ2) is 10.6. The predicted octanol–water partition coefficient (Wildman–Crippen LogP) is 1.86. The first-order valence-electron chi connectivity index (χ1n) is 11.7. The van der Waals surface area contributed by atoms with Crippen LogP contribution in [0.25, 0.3) is 11.1 Å². The molecule has 0 spiro atoms. The number of rotatable bonds is 9. The Hall–Kier alpha value is -4.12. The van der Waals surface area contributed by atoms with Crippen LogP contribution in [0.5, 0.6) is 0 Å². The molecule has 4 N–H and O–H groups in total. The Kier molecular flexibility index (Phi) is 7.39. The number of nitrogens with one attached hydrogen (secondary N) is 2. The molecular formula is C25H30N8O3. The first-order valence-corrected chi connectivity index (χ1v) is 11.7. The lowest BCUT2D eigenvalue weighted by atomic mass is 9.63. The van der Waals surface area contributed by atoms with Gasteiger partial charge in [0, 0.05) is 44.9 Å². The predicted molar refractivity (Wildman–Crippen MR) is 134 cm³/mol. The Balaban J connectivity index is 1.41. The number of hydrogen-bond donors (Lipinski definition) is 3. The number of benzene rings is 1. The van der Waals surface area contributed by atoms with Crippen LogP contribution in [0.4, 0.5) is 5.95 Å². The van der Waals surface area contributed by atoms with Gasteiger partial charge in [-0.05, 0) is 24.0 Å². The number of nitrogens with two attached hydrogens (primary N) is 1. The summed E-state index contributed by atoms with van der Waals surface area (Å²) in [4.78, 5) is 34.8. The van der Waals surface area contributed by atoms with Gasteiger partial charge in [-0.2, -0.15) is 5.10 Å². The van der Waals surface area contributed by atoms with E-state index in [9.17, 15) is 9.59 Å². The van der Waals surface area contributed by atoms with Crippen molar-refractivity contribution in [2.45, 2.75) is 31.2 Å². The van der Waals surface area contributed by atoms with E-state index < -0.39 is 11.3 Å². The average Bonchev–Trinajstić information content (AvgIpc) is 3.31. The number of likely N-dealkylation sites (N-methyl/N-ethyl adjacent to an activating group) is 1. The van der Waals surface area contributed by atoms with Crippen molar-refractivity contribution >= 4 is 23.6 Å². The van der Waals surface area contributed by atoms with Gasteiger partial charge < -0.3 is 20.7 Å². The number of nitrogens with zero attached hydrogens (tertiary/aromatic N) is 5. The average molecular weight is 491 g/mol. The topological polar surface area (TPSA) is 152 Å². The molecule has 4 rings (SSSR count). The summed E-state index contributed by atoms with van der Waals surface area (Å²) in [5, 5.41) is 15.6. The van der Waals surface area contributed by atoms with E-state index in [4.69, 9.17) is 15.9 Å². The van der Waals surface area contributed by atoms with Crippen molar-refractivity contribution in [3.05, 3.63) is 60.2 Å². The third kappa shape index (κ3) is 5.25. The van der Waals surface area contributed by atoms with Gasteiger partial charge in [0.05, 0.1) is 23.8 Å². The Morgan fingerprint density at radius 1 is 1.17 bits per heavy atom. The van der Waals surface area contributed by atoms with E-state index in [1.807, 2.05) is 24.3 Å². The van der Waals surface area contributed by atoms with Crippen LogP contribution in [0, 0.1) is 5.41 Å². The summed E-state index contributed by atoms with van der Waals surface area (Å²) in [6.45, 7) is 0.926. The molecule has 2 aromatic heterocycles. The van der Waals surface area contributed by atoms with Crippen LogP contribution < -0.4 is 11.1 Å². The Bertz CT molecular complexity index is 1230. The van der Waals surface area contributed by atoms with Crippen molar-refractivity contribution in [3.8, 4) is 11.1 Å². The van der Waals surface area contributed by atoms with Gasteiger partial charge in [0.25, 0.3) is 5.91 Å². The van der Waals surface area contributed by atoms with Crippen molar-refractivity contribution in [1.29, 1.82) is 5.41 Å². The molecule has 11 heteroatoms. The number of hydrogen-bond acceptors (Lipinski definition) is 8. The molecule has 1 aliphatic carbocycles. The lowest BCUT2D eigenvalue weighted by Gasteiger charge is -2.42. The van der Waals surface area contributed by atoms with Crippen LogP contribution >= 0.6 is 0 Å². The highest BCUT2D eigenvalue weighted by atomic mass is 16.5. The second-order valence-corrected chi connectivity index (χ2v) is 8.91. The minimum atomic E-state index is -0.540. The number of carbonyl (C=O) groups excluding carboxylic acids is 2. The first-order chi connectivity index (χ1) is 17.3. The number of amidine groups is 1. The summed E-state index contributed by atoms with van der Waals surface area (Å²) in [7, 11) is 3.27. The molecule has 2 heterocycles. The van der Waals surface area contributed by atoms with E-state index in [0.29, 0.717) is 18.7 Å². The number of anilines is 1. The van der Waals surface area contributed by atoms with Crippen LogP contribution in [0.2, 0.25) is 0 Å². The zero-order chi connectivity index (χ0) is 25.7. The fourth-order valence-electron chi connectivity index (χ4n) is 4.17. The molecule has 0 radical (unpaired) electrons. The smallest absolute Gasteiger partial charge is 0.259 e. The van der Waals surface area contributed by atoms with Gasteiger partial charge in [-0.15, -0.1) is 0 Å². The third-order valence-corrected chi connectivity index (χ3v) is 6.62.